The fourth-order valence-corrected chi connectivity index (χ4v) is 3.75. The van der Waals surface area contributed by atoms with Crippen LogP contribution in [0, 0.1) is 0 Å². The second-order valence-corrected chi connectivity index (χ2v) is 8.36. The molecule has 0 saturated heterocycles. The fourth-order valence-electron chi connectivity index (χ4n) is 2.30. The van der Waals surface area contributed by atoms with E-state index in [0.29, 0.717) is 10.9 Å². The number of nitrogens with one attached hydrogen (secondary N) is 1. The molecule has 132 valence electrons. The number of aromatic nitrogens is 1. The van der Waals surface area contributed by atoms with E-state index in [-0.39, 0.29) is 29.5 Å². The van der Waals surface area contributed by atoms with E-state index in [4.69, 9.17) is 4.74 Å². The monoisotopic (exact) mass is 381 g/mol. The number of hydrogen-bond acceptors (Lipinski definition) is 7. The number of nitrogens with zero attached hydrogens (tertiary/aromatic N) is 2. The number of ether oxygens (including phenoxy) is 1. The average molecular weight is 381 g/mol. The highest BCUT2D eigenvalue weighted by Gasteiger charge is 2.29. The largest absolute Gasteiger partial charge is 0.482 e. The summed E-state index contributed by atoms with van der Waals surface area (Å²) in [4.78, 5) is 29.6. The summed E-state index contributed by atoms with van der Waals surface area (Å²) in [6.07, 6.45) is 1.55. The lowest BCUT2D eigenvalue weighted by Crippen LogP contribution is -2.43. The quantitative estimate of drug-likeness (QED) is 0.837. The number of hydrogen-bond donors (Lipinski definition) is 1. The minimum atomic E-state index is -3.44. The van der Waals surface area contributed by atoms with Crippen LogP contribution in [0.15, 0.2) is 34.7 Å². The molecule has 1 aromatic heterocycles. The molecule has 0 spiro atoms. The highest BCUT2D eigenvalue weighted by molar-refractivity contribution is 7.91. The maximum atomic E-state index is 12.2. The Balaban J connectivity index is 1.89. The molecule has 0 atom stereocenters. The van der Waals surface area contributed by atoms with Crippen molar-refractivity contribution in [1.29, 1.82) is 0 Å². The molecule has 1 aliphatic heterocycles. The molecule has 8 nitrogen and oxygen atoms in total. The predicted molar refractivity (Wildman–Crippen MR) is 92.8 cm³/mol. The summed E-state index contributed by atoms with van der Waals surface area (Å²) < 4.78 is 29.5. The van der Waals surface area contributed by atoms with E-state index < -0.39 is 21.7 Å². The van der Waals surface area contributed by atoms with E-state index in [1.807, 2.05) is 0 Å². The molecule has 0 aliphatic carbocycles. The summed E-state index contributed by atoms with van der Waals surface area (Å²) in [5.74, 6) is -0.560. The summed E-state index contributed by atoms with van der Waals surface area (Å²) in [6, 6.07) is 4.29. The van der Waals surface area contributed by atoms with Gasteiger partial charge in [-0.3, -0.25) is 14.5 Å². The van der Waals surface area contributed by atoms with Crippen LogP contribution in [0.4, 0.5) is 10.8 Å². The minimum Gasteiger partial charge on any atom is -0.482 e. The maximum absolute atomic E-state index is 12.2. The van der Waals surface area contributed by atoms with Crippen LogP contribution in [0.25, 0.3) is 0 Å². The van der Waals surface area contributed by atoms with E-state index in [2.05, 4.69) is 10.3 Å². The summed E-state index contributed by atoms with van der Waals surface area (Å²) in [5, 5.41) is 4.73. The van der Waals surface area contributed by atoms with Crippen molar-refractivity contribution in [3.8, 4) is 5.75 Å². The van der Waals surface area contributed by atoms with Gasteiger partial charge < -0.3 is 10.1 Å². The Morgan fingerprint density at radius 1 is 1.44 bits per heavy atom. The van der Waals surface area contributed by atoms with Gasteiger partial charge in [0.15, 0.2) is 21.6 Å². The number of carbonyl (C=O) groups is 2. The van der Waals surface area contributed by atoms with Gasteiger partial charge in [0.2, 0.25) is 5.91 Å². The fraction of sp³-hybridized carbons (Fsp3) is 0.267. The molecule has 1 aliphatic rings. The zero-order valence-electron chi connectivity index (χ0n) is 13.3. The van der Waals surface area contributed by atoms with Crippen LogP contribution in [0.1, 0.15) is 6.92 Å². The number of benzene rings is 1. The average Bonchev–Trinajstić information content (AvgIpc) is 3.10. The molecule has 25 heavy (non-hydrogen) atoms. The van der Waals surface area contributed by atoms with Crippen molar-refractivity contribution in [3.05, 3.63) is 29.8 Å². The van der Waals surface area contributed by atoms with Crippen molar-refractivity contribution < 1.29 is 22.7 Å². The third-order valence-electron chi connectivity index (χ3n) is 3.59. The van der Waals surface area contributed by atoms with Gasteiger partial charge in [-0.05, 0) is 18.2 Å². The first-order chi connectivity index (χ1) is 11.9. The van der Waals surface area contributed by atoms with Crippen LogP contribution in [0.3, 0.4) is 0 Å². The van der Waals surface area contributed by atoms with Crippen molar-refractivity contribution >= 4 is 43.8 Å². The lowest BCUT2D eigenvalue weighted by Gasteiger charge is -2.29. The summed E-state index contributed by atoms with van der Waals surface area (Å²) in [7, 11) is -3.44. The molecule has 0 saturated carbocycles. The zero-order chi connectivity index (χ0) is 18.0. The Morgan fingerprint density at radius 3 is 2.92 bits per heavy atom. The second-order valence-electron chi connectivity index (χ2n) is 5.19. The van der Waals surface area contributed by atoms with Gasteiger partial charge in [0.1, 0.15) is 12.3 Å². The Hall–Kier alpha value is -2.46. The van der Waals surface area contributed by atoms with Crippen LogP contribution < -0.4 is 15.0 Å². The van der Waals surface area contributed by atoms with E-state index in [9.17, 15) is 18.0 Å². The van der Waals surface area contributed by atoms with Gasteiger partial charge in [0.05, 0.1) is 16.3 Å². The number of rotatable bonds is 5. The Labute approximate surface area is 148 Å². The van der Waals surface area contributed by atoms with Gasteiger partial charge >= 0.3 is 0 Å². The van der Waals surface area contributed by atoms with Gasteiger partial charge in [0.25, 0.3) is 5.91 Å². The molecule has 1 N–H and O–H groups in total. The van der Waals surface area contributed by atoms with Gasteiger partial charge in [-0.15, -0.1) is 11.3 Å². The molecule has 0 fully saturated rings. The van der Waals surface area contributed by atoms with Crippen molar-refractivity contribution in [2.75, 3.05) is 29.1 Å². The topological polar surface area (TPSA) is 106 Å². The summed E-state index contributed by atoms with van der Waals surface area (Å²) in [6.45, 7) is 1.07. The molecule has 1 aromatic carbocycles. The third-order valence-corrected chi connectivity index (χ3v) is 6.01. The number of fused-ring (bicyclic) bond motifs is 1. The first kappa shape index (κ1) is 17.4. The normalized spacial score (nSPS) is 14.0. The van der Waals surface area contributed by atoms with Crippen LogP contribution in [0.2, 0.25) is 0 Å². The molecule has 10 heteroatoms. The standard InChI is InChI=1S/C15H15N3O5S2/c1-2-25(21,22)10-3-4-12-11(7-10)18(14(20)9-23-12)8-13(19)17-15-16-5-6-24-15/h3-7H,2,8-9H2,1H3,(H,16,17,19). The molecule has 0 bridgehead atoms. The second kappa shape index (κ2) is 6.81. The van der Waals surface area contributed by atoms with E-state index in [0.717, 1.165) is 0 Å². The maximum Gasteiger partial charge on any atom is 0.265 e. The number of sulfone groups is 1. The molecular weight excluding hydrogens is 366 g/mol. The summed E-state index contributed by atoms with van der Waals surface area (Å²) >= 11 is 1.26. The number of carbonyl (C=O) groups excluding carboxylic acids is 2. The van der Waals surface area contributed by atoms with Crippen LogP contribution in [-0.2, 0) is 19.4 Å². The number of thiazole rings is 1. The Bertz CT molecular complexity index is 909. The van der Waals surface area contributed by atoms with E-state index in [1.165, 1.54) is 41.4 Å². The Kier molecular flexibility index (Phi) is 4.73. The number of amides is 2. The van der Waals surface area contributed by atoms with Crippen molar-refractivity contribution in [2.45, 2.75) is 11.8 Å². The SMILES string of the molecule is CCS(=O)(=O)c1ccc2c(c1)N(CC(=O)Nc1nccs1)C(=O)CO2. The van der Waals surface area contributed by atoms with E-state index in [1.54, 1.807) is 11.6 Å². The van der Waals surface area contributed by atoms with Gasteiger partial charge in [-0.25, -0.2) is 13.4 Å². The summed E-state index contributed by atoms with van der Waals surface area (Å²) in [5.41, 5.74) is 0.264. The minimum absolute atomic E-state index is 0.0644. The van der Waals surface area contributed by atoms with Crippen molar-refractivity contribution in [2.24, 2.45) is 0 Å². The molecule has 0 unspecified atom stereocenters. The zero-order valence-corrected chi connectivity index (χ0v) is 14.9. The van der Waals surface area contributed by atoms with E-state index >= 15 is 0 Å². The molecule has 2 heterocycles. The molecule has 2 aromatic rings. The van der Waals surface area contributed by atoms with Crippen molar-refractivity contribution in [1.82, 2.24) is 4.98 Å². The van der Waals surface area contributed by atoms with Crippen molar-refractivity contribution in [3.63, 3.8) is 0 Å². The van der Waals surface area contributed by atoms with Gasteiger partial charge in [0, 0.05) is 11.6 Å². The third kappa shape index (κ3) is 3.64. The first-order valence-electron chi connectivity index (χ1n) is 7.40. The lowest BCUT2D eigenvalue weighted by atomic mass is 10.2. The number of anilines is 2. The highest BCUT2D eigenvalue weighted by Crippen LogP contribution is 2.34. The smallest absolute Gasteiger partial charge is 0.265 e. The van der Waals surface area contributed by atoms with Crippen LogP contribution in [-0.4, -0.2) is 44.1 Å². The molecule has 3 rings (SSSR count). The molecule has 0 radical (unpaired) electrons. The molecule has 2 amide bonds. The molecular formula is C15H15N3O5S2. The Morgan fingerprint density at radius 2 is 2.24 bits per heavy atom. The van der Waals surface area contributed by atoms with Gasteiger partial charge in [-0.2, -0.15) is 0 Å². The predicted octanol–water partition coefficient (Wildman–Crippen LogP) is 1.30. The first-order valence-corrected chi connectivity index (χ1v) is 9.93. The van der Waals surface area contributed by atoms with Gasteiger partial charge in [-0.1, -0.05) is 6.92 Å². The van der Waals surface area contributed by atoms with Crippen LogP contribution in [0.5, 0.6) is 5.75 Å². The van der Waals surface area contributed by atoms with Crippen LogP contribution >= 0.6 is 11.3 Å². The lowest BCUT2D eigenvalue weighted by molar-refractivity contribution is -0.123. The highest BCUT2D eigenvalue weighted by atomic mass is 32.2.